The quantitative estimate of drug-likeness (QED) is 0.147. The van der Waals surface area contributed by atoms with Gasteiger partial charge in [0, 0.05) is 125 Å². The Kier molecular flexibility index (Phi) is 19.8. The van der Waals surface area contributed by atoms with Gasteiger partial charge in [-0.1, -0.05) is 239 Å². The highest BCUT2D eigenvalue weighted by Crippen LogP contribution is 2.46. The van der Waals surface area contributed by atoms with Crippen molar-refractivity contribution in [2.45, 2.75) is 135 Å². The van der Waals surface area contributed by atoms with Gasteiger partial charge in [-0.3, -0.25) is 4.98 Å². The first-order valence-electron chi connectivity index (χ1n) is 44.8. The van der Waals surface area contributed by atoms with E-state index in [2.05, 4.69) is 382 Å². The molecule has 121 heavy (non-hydrogen) atoms. The summed E-state index contributed by atoms with van der Waals surface area (Å²) in [7, 11) is 17.4. The third-order valence-corrected chi connectivity index (χ3v) is 28.2. The van der Waals surface area contributed by atoms with Crippen LogP contribution in [0.3, 0.4) is 0 Å². The topological polar surface area (TPSA) is 48.1 Å². The van der Waals surface area contributed by atoms with Gasteiger partial charge in [-0.15, -0.1) is 0 Å². The molecule has 0 saturated heterocycles. The molecule has 600 valence electrons. The van der Waals surface area contributed by atoms with Crippen LogP contribution in [0.2, 0.25) is 0 Å². The van der Waals surface area contributed by atoms with Crippen molar-refractivity contribution in [2.75, 3.05) is 0 Å². The first-order valence-corrected chi connectivity index (χ1v) is 44.3. The van der Waals surface area contributed by atoms with Gasteiger partial charge in [-0.2, -0.15) is 18.3 Å². The highest BCUT2D eigenvalue weighted by Gasteiger charge is 2.30. The van der Waals surface area contributed by atoms with Gasteiger partial charge in [0.2, 0.25) is 22.8 Å². The van der Waals surface area contributed by atoms with Crippen LogP contribution in [0, 0.1) is 27.7 Å². The van der Waals surface area contributed by atoms with E-state index in [9.17, 15) is 0 Å². The molecule has 0 spiro atoms. The Morgan fingerprint density at radius 2 is 0.562 bits per heavy atom. The highest BCUT2D eigenvalue weighted by atomic mass is 15.0. The van der Waals surface area contributed by atoms with Crippen LogP contribution in [0.25, 0.3) is 175 Å². The van der Waals surface area contributed by atoms with E-state index < -0.39 is 5.89 Å². The van der Waals surface area contributed by atoms with Crippen molar-refractivity contribution in [3.05, 3.63) is 307 Å². The molecule has 0 aliphatic heterocycles. The zero-order chi connectivity index (χ0) is 83.5. The lowest BCUT2D eigenvalue weighted by Gasteiger charge is -2.22. The van der Waals surface area contributed by atoms with E-state index in [1.54, 1.807) is 0 Å². The van der Waals surface area contributed by atoms with Gasteiger partial charge < -0.3 is 18.3 Å². The number of hydrogen-bond donors (Lipinski definition) is 0. The van der Waals surface area contributed by atoms with Gasteiger partial charge in [0.1, 0.15) is 50.3 Å². The van der Waals surface area contributed by atoms with E-state index in [-0.39, 0.29) is 0 Å². The number of aromatic nitrogens is 9. The maximum atomic E-state index is 9.09. The molecule has 0 bridgehead atoms. The molecule has 11 aromatic carbocycles. The van der Waals surface area contributed by atoms with Crippen molar-refractivity contribution >= 4 is 130 Å². The summed E-state index contributed by atoms with van der Waals surface area (Å²) in [6.45, 7) is 8.77. The first kappa shape index (κ1) is 75.9. The first-order chi connectivity index (χ1) is 59.4. The number of benzene rings is 11. The third kappa shape index (κ3) is 13.2. The Morgan fingerprint density at radius 3 is 0.950 bits per heavy atom. The zero-order valence-electron chi connectivity index (χ0n) is 73.5. The molecule has 0 N–H and O–H groups in total. The molecule has 0 radical (unpaired) electrons. The van der Waals surface area contributed by atoms with E-state index in [1.165, 1.54) is 286 Å². The lowest BCUT2D eigenvalue weighted by atomic mass is 9.83. The molecule has 0 unspecified atom stereocenters. The lowest BCUT2D eigenvalue weighted by Crippen LogP contribution is -2.31. The molecule has 0 atom stereocenters. The van der Waals surface area contributed by atoms with Crippen LogP contribution in [0.1, 0.15) is 148 Å². The number of nitrogens with zero attached hydrogens (tertiary/aromatic N) is 9. The molecule has 0 amide bonds. The summed E-state index contributed by atoms with van der Waals surface area (Å²) in [5, 5.41) is 19.5. The fraction of sp³-hybridized carbons (Fsp3) is 0.259. The molecular weight excluding hydrogens is 1470 g/mol. The molecular formula is C112H111N9+4. The van der Waals surface area contributed by atoms with Gasteiger partial charge in [0.05, 0.1) is 49.8 Å². The summed E-state index contributed by atoms with van der Waals surface area (Å²) in [6, 6.07) is 87.2. The van der Waals surface area contributed by atoms with E-state index >= 15 is 0 Å². The molecule has 20 aromatic rings. The predicted molar refractivity (Wildman–Crippen MR) is 508 cm³/mol. The second-order valence-corrected chi connectivity index (χ2v) is 35.5. The van der Waals surface area contributed by atoms with E-state index in [0.717, 1.165) is 30.2 Å². The van der Waals surface area contributed by atoms with Crippen molar-refractivity contribution in [1.82, 2.24) is 23.3 Å². The average Bonchev–Trinajstić information content (AvgIpc) is 1.58. The van der Waals surface area contributed by atoms with Crippen LogP contribution in [-0.4, -0.2) is 23.3 Å². The maximum Gasteiger partial charge on any atom is 0.237 e. The minimum absolute atomic E-state index is 0.425. The Balaban J connectivity index is 0.000000104. The number of pyridine rings is 5. The van der Waals surface area contributed by atoms with E-state index in [1.807, 2.05) is 6.20 Å². The molecule has 3 aliphatic carbocycles. The minimum Gasteiger partial charge on any atom is -0.338 e. The molecule has 9 aromatic heterocycles. The van der Waals surface area contributed by atoms with E-state index in [0.29, 0.717) is 0 Å². The summed E-state index contributed by atoms with van der Waals surface area (Å²) in [6.07, 6.45) is 28.6. The van der Waals surface area contributed by atoms with Gasteiger partial charge in [-0.05, 0) is 163 Å². The van der Waals surface area contributed by atoms with Gasteiger partial charge in [0.25, 0.3) is 0 Å². The van der Waals surface area contributed by atoms with Crippen LogP contribution < -0.4 is 18.3 Å². The second kappa shape index (κ2) is 31.5. The summed E-state index contributed by atoms with van der Waals surface area (Å²) in [5.41, 5.74) is 30.9. The number of rotatable bonds is 7. The van der Waals surface area contributed by atoms with Crippen molar-refractivity contribution in [2.24, 2.45) is 56.4 Å². The van der Waals surface area contributed by atoms with Gasteiger partial charge >= 0.3 is 0 Å². The maximum absolute atomic E-state index is 9.09. The SMILES string of the molecule is Cc1ccccc1-c1c2c(cc[n+]1C)c1ccc3cc(C4CCCC4)ccc3c1n2C.Cc1ccccc1-c1c2c(cc[n+]1C)c1ccc3cc(C4CCCCC4)ccc3c1n2C.Cc1ccccc1-c1c2c(cc[n+]1C)c1ncc3ccccc3c1n2C.[2H]C1(c2ccc3c(ccc4c5cc[n+](C)c(-c6ccccc6C)c5n(C)c34)c2)CCCCC1. The molecule has 9 heterocycles. The Bertz CT molecular complexity index is 7590. The molecule has 3 fully saturated rings. The highest BCUT2D eigenvalue weighted by molar-refractivity contribution is 6.23. The van der Waals surface area contributed by atoms with Crippen molar-refractivity contribution < 1.29 is 19.6 Å². The normalized spacial score (nSPS) is 14.8. The van der Waals surface area contributed by atoms with Gasteiger partial charge in [-0.25, -0.2) is 0 Å². The molecule has 3 aliphatic rings. The largest absolute Gasteiger partial charge is 0.338 e. The van der Waals surface area contributed by atoms with Crippen LogP contribution in [0.4, 0.5) is 0 Å². The molecule has 9 nitrogen and oxygen atoms in total. The van der Waals surface area contributed by atoms with Crippen LogP contribution in [0.5, 0.6) is 0 Å². The van der Waals surface area contributed by atoms with Crippen molar-refractivity contribution in [1.29, 1.82) is 0 Å². The smallest absolute Gasteiger partial charge is 0.237 e. The zero-order valence-corrected chi connectivity index (χ0v) is 72.5. The van der Waals surface area contributed by atoms with E-state index in [4.69, 9.17) is 6.35 Å². The summed E-state index contributed by atoms with van der Waals surface area (Å²) < 4.78 is 27.6. The summed E-state index contributed by atoms with van der Waals surface area (Å²) in [4.78, 5) is 4.82. The lowest BCUT2D eigenvalue weighted by molar-refractivity contribution is -0.659. The second-order valence-electron chi connectivity index (χ2n) is 35.5. The third-order valence-electron chi connectivity index (χ3n) is 28.2. The van der Waals surface area contributed by atoms with Crippen LogP contribution >= 0.6 is 0 Å². The van der Waals surface area contributed by atoms with Gasteiger partial charge in [0.15, 0.2) is 24.8 Å². The summed E-state index contributed by atoms with van der Waals surface area (Å²) in [5.74, 6) is 1.06. The van der Waals surface area contributed by atoms with Crippen LogP contribution in [-0.2, 0) is 56.4 Å². The minimum atomic E-state index is -0.425. The number of fused-ring (bicyclic) bond motifs is 20. The summed E-state index contributed by atoms with van der Waals surface area (Å²) >= 11 is 0. The number of aryl methyl sites for hydroxylation is 12. The standard InChI is InChI=1S/2C30H31N2.C29H29N2.C23H20N3/c2*1-20-9-7-8-12-24(20)29-30-27(17-18-31(29)2)26-16-14-23-19-22(21-10-5-4-6-11-21)13-15-25(23)28(26)32(30)3;1-19-8-4-7-11-23(19)28-29-26(16-17-30(28)2)25-15-13-22-18-21(20-9-5-6-10-20)12-14-24(22)27(25)31(29)3;1-15-8-4-6-10-17(15)22-23-19(12-13-25(22)2)20-21(26(23)3)18-11-7-5-9-16(18)14-24-20/h2*7-9,12-19,21H,4-6,10-11H2,1-3H3;4,7-8,11-18,20H,5-6,9-10H2,1-3H3;4-14H,1-3H3/q4*+1/i21D;;;. The Morgan fingerprint density at radius 1 is 0.273 bits per heavy atom. The Labute approximate surface area is 712 Å². The Hall–Kier alpha value is -12.6. The molecule has 9 heteroatoms. The monoisotopic (exact) mass is 1580 g/mol. The van der Waals surface area contributed by atoms with Crippen molar-refractivity contribution in [3.63, 3.8) is 0 Å². The average molecular weight is 1580 g/mol. The van der Waals surface area contributed by atoms with Crippen molar-refractivity contribution in [3.8, 4) is 45.0 Å². The molecule has 3 saturated carbocycles. The molecule has 23 rings (SSSR count). The predicted octanol–water partition coefficient (Wildman–Crippen LogP) is 26.3. The fourth-order valence-electron chi connectivity index (χ4n) is 21.9. The fourth-order valence-corrected chi connectivity index (χ4v) is 21.9. The number of hydrogen-bond acceptors (Lipinski definition) is 1. The van der Waals surface area contributed by atoms with Crippen LogP contribution in [0.15, 0.2) is 268 Å².